The third kappa shape index (κ3) is 4.49. The van der Waals surface area contributed by atoms with Crippen LogP contribution < -0.4 is 5.32 Å². The molecule has 0 aromatic carbocycles. The summed E-state index contributed by atoms with van der Waals surface area (Å²) in [5, 5.41) is 13.0. The Balaban J connectivity index is 2.32. The summed E-state index contributed by atoms with van der Waals surface area (Å²) in [4.78, 5) is 11.7. The Kier molecular flexibility index (Phi) is 5.22. The van der Waals surface area contributed by atoms with Crippen molar-refractivity contribution in [3.63, 3.8) is 0 Å². The maximum Gasteiger partial charge on any atom is 0.223 e. The molecule has 0 radical (unpaired) electrons. The highest BCUT2D eigenvalue weighted by atomic mass is 16.5. The quantitative estimate of drug-likeness (QED) is 0.745. The summed E-state index contributed by atoms with van der Waals surface area (Å²) in [7, 11) is 1.61. The average molecular weight is 229 g/mol. The minimum absolute atomic E-state index is 0.00434. The molecule has 0 bridgehead atoms. The number of carbonyl (C=O) groups excluding carboxylic acids is 1. The Hall–Kier alpha value is -0.610. The second kappa shape index (κ2) is 6.21. The summed E-state index contributed by atoms with van der Waals surface area (Å²) in [5.41, 5.74) is -0.769. The number of aliphatic hydroxyl groups is 1. The van der Waals surface area contributed by atoms with Gasteiger partial charge in [0.05, 0.1) is 18.6 Å². The van der Waals surface area contributed by atoms with Crippen LogP contribution in [0.15, 0.2) is 0 Å². The first-order chi connectivity index (χ1) is 7.56. The van der Waals surface area contributed by atoms with E-state index in [1.54, 1.807) is 7.11 Å². The van der Waals surface area contributed by atoms with Crippen molar-refractivity contribution < 1.29 is 14.6 Å². The third-order valence-electron chi connectivity index (χ3n) is 3.10. The van der Waals surface area contributed by atoms with E-state index in [1.807, 2.05) is 6.92 Å². The fourth-order valence-electron chi connectivity index (χ4n) is 2.30. The second-order valence-electron chi connectivity index (χ2n) is 4.89. The zero-order valence-electron chi connectivity index (χ0n) is 10.3. The van der Waals surface area contributed by atoms with Crippen LogP contribution in [0.1, 0.15) is 45.4 Å². The molecule has 0 saturated heterocycles. The summed E-state index contributed by atoms with van der Waals surface area (Å²) in [6.07, 6.45) is 4.94. The monoisotopic (exact) mass is 229 g/mol. The molecule has 4 nitrogen and oxygen atoms in total. The first kappa shape index (κ1) is 13.5. The summed E-state index contributed by atoms with van der Waals surface area (Å²) < 4.78 is 4.94. The van der Waals surface area contributed by atoms with Gasteiger partial charge >= 0.3 is 0 Å². The van der Waals surface area contributed by atoms with Gasteiger partial charge in [0.15, 0.2) is 0 Å². The van der Waals surface area contributed by atoms with Crippen LogP contribution in [0.3, 0.4) is 0 Å². The largest absolute Gasteiger partial charge is 0.389 e. The number of nitrogens with one attached hydrogen (secondary N) is 1. The third-order valence-corrected chi connectivity index (χ3v) is 3.10. The molecule has 0 heterocycles. The predicted octanol–water partition coefficient (Wildman–Crippen LogP) is 1.22. The second-order valence-corrected chi connectivity index (χ2v) is 4.89. The molecule has 1 aliphatic rings. The van der Waals surface area contributed by atoms with Crippen molar-refractivity contribution >= 4 is 5.91 Å². The van der Waals surface area contributed by atoms with E-state index in [2.05, 4.69) is 5.32 Å². The van der Waals surface area contributed by atoms with Gasteiger partial charge in [-0.2, -0.15) is 0 Å². The van der Waals surface area contributed by atoms with Crippen LogP contribution in [0.5, 0.6) is 0 Å². The van der Waals surface area contributed by atoms with Crippen LogP contribution in [0.25, 0.3) is 0 Å². The van der Waals surface area contributed by atoms with Gasteiger partial charge in [-0.15, -0.1) is 0 Å². The van der Waals surface area contributed by atoms with E-state index in [0.717, 1.165) is 25.7 Å². The van der Waals surface area contributed by atoms with Crippen LogP contribution in [0.2, 0.25) is 0 Å². The Labute approximate surface area is 97.4 Å². The molecule has 0 aromatic rings. The lowest BCUT2D eigenvalue weighted by Gasteiger charge is -2.31. The number of amides is 1. The van der Waals surface area contributed by atoms with E-state index >= 15 is 0 Å². The molecule has 16 heavy (non-hydrogen) atoms. The number of methoxy groups -OCH3 is 1. The molecule has 0 aliphatic heterocycles. The van der Waals surface area contributed by atoms with Gasteiger partial charge in [-0.3, -0.25) is 4.79 Å². The van der Waals surface area contributed by atoms with Crippen molar-refractivity contribution in [1.29, 1.82) is 0 Å². The number of ether oxygens (including phenoxy) is 1. The molecule has 1 unspecified atom stereocenters. The number of carbonyl (C=O) groups is 1. The Morgan fingerprint density at radius 2 is 2.06 bits per heavy atom. The zero-order valence-corrected chi connectivity index (χ0v) is 10.3. The highest BCUT2D eigenvalue weighted by molar-refractivity contribution is 5.77. The summed E-state index contributed by atoms with van der Waals surface area (Å²) in [5.74, 6) is -0.0750. The Morgan fingerprint density at radius 1 is 1.44 bits per heavy atom. The molecule has 0 spiro atoms. The summed E-state index contributed by atoms with van der Waals surface area (Å²) in [6, 6.07) is 0.00434. The number of hydrogen-bond donors (Lipinski definition) is 2. The van der Waals surface area contributed by atoms with E-state index in [9.17, 15) is 9.90 Å². The lowest BCUT2D eigenvalue weighted by Crippen LogP contribution is -2.42. The van der Waals surface area contributed by atoms with Crippen LogP contribution in [0.4, 0.5) is 0 Å². The van der Waals surface area contributed by atoms with Gasteiger partial charge in [-0.1, -0.05) is 19.3 Å². The SMILES string of the molecule is COCC(C)NC(=O)CC1(O)CCCCC1. The highest BCUT2D eigenvalue weighted by Gasteiger charge is 2.31. The molecule has 1 saturated carbocycles. The highest BCUT2D eigenvalue weighted by Crippen LogP contribution is 2.30. The minimum Gasteiger partial charge on any atom is -0.389 e. The molecule has 0 aromatic heterocycles. The van der Waals surface area contributed by atoms with Gasteiger partial charge in [0.1, 0.15) is 0 Å². The first-order valence-corrected chi connectivity index (χ1v) is 6.06. The van der Waals surface area contributed by atoms with Gasteiger partial charge in [0.2, 0.25) is 5.91 Å². The van der Waals surface area contributed by atoms with Gasteiger partial charge in [0, 0.05) is 13.2 Å². The normalized spacial score (nSPS) is 21.4. The molecular weight excluding hydrogens is 206 g/mol. The van der Waals surface area contributed by atoms with Crippen molar-refractivity contribution in [1.82, 2.24) is 5.32 Å². The van der Waals surface area contributed by atoms with Crippen molar-refractivity contribution in [2.45, 2.75) is 57.1 Å². The molecule has 4 heteroatoms. The average Bonchev–Trinajstić information content (AvgIpc) is 2.17. The predicted molar refractivity (Wildman–Crippen MR) is 62.1 cm³/mol. The summed E-state index contributed by atoms with van der Waals surface area (Å²) >= 11 is 0. The zero-order chi connectivity index (χ0) is 12.0. The topological polar surface area (TPSA) is 58.6 Å². The van der Waals surface area contributed by atoms with E-state index in [-0.39, 0.29) is 18.4 Å². The smallest absolute Gasteiger partial charge is 0.223 e. The number of rotatable bonds is 5. The van der Waals surface area contributed by atoms with Crippen LogP contribution >= 0.6 is 0 Å². The maximum absolute atomic E-state index is 11.7. The lowest BCUT2D eigenvalue weighted by atomic mass is 9.82. The maximum atomic E-state index is 11.7. The van der Waals surface area contributed by atoms with Gasteiger partial charge < -0.3 is 15.2 Å². The lowest BCUT2D eigenvalue weighted by molar-refractivity contribution is -0.128. The standard InChI is InChI=1S/C12H23NO3/c1-10(9-16-2)13-11(14)8-12(15)6-4-3-5-7-12/h10,15H,3-9H2,1-2H3,(H,13,14). The Bertz CT molecular complexity index is 224. The molecular formula is C12H23NO3. The fraction of sp³-hybridized carbons (Fsp3) is 0.917. The van der Waals surface area contributed by atoms with E-state index in [1.165, 1.54) is 6.42 Å². The Morgan fingerprint density at radius 3 is 2.62 bits per heavy atom. The van der Waals surface area contributed by atoms with E-state index in [4.69, 9.17) is 4.74 Å². The van der Waals surface area contributed by atoms with Crippen molar-refractivity contribution in [3.8, 4) is 0 Å². The van der Waals surface area contributed by atoms with Crippen molar-refractivity contribution in [3.05, 3.63) is 0 Å². The molecule has 1 amide bonds. The van der Waals surface area contributed by atoms with Crippen molar-refractivity contribution in [2.24, 2.45) is 0 Å². The van der Waals surface area contributed by atoms with Gasteiger partial charge in [-0.05, 0) is 19.8 Å². The molecule has 1 atom stereocenters. The first-order valence-electron chi connectivity index (χ1n) is 6.06. The fourth-order valence-corrected chi connectivity index (χ4v) is 2.30. The van der Waals surface area contributed by atoms with Gasteiger partial charge in [-0.25, -0.2) is 0 Å². The molecule has 1 fully saturated rings. The van der Waals surface area contributed by atoms with Crippen LogP contribution in [-0.4, -0.2) is 36.4 Å². The van der Waals surface area contributed by atoms with Crippen LogP contribution in [-0.2, 0) is 9.53 Å². The molecule has 1 rings (SSSR count). The van der Waals surface area contributed by atoms with Gasteiger partial charge in [0.25, 0.3) is 0 Å². The number of hydrogen-bond acceptors (Lipinski definition) is 3. The van der Waals surface area contributed by atoms with E-state index in [0.29, 0.717) is 6.61 Å². The minimum atomic E-state index is -0.769. The summed E-state index contributed by atoms with van der Waals surface area (Å²) in [6.45, 7) is 2.40. The van der Waals surface area contributed by atoms with Crippen molar-refractivity contribution in [2.75, 3.05) is 13.7 Å². The molecule has 1 aliphatic carbocycles. The van der Waals surface area contributed by atoms with E-state index < -0.39 is 5.60 Å². The molecule has 94 valence electrons. The van der Waals surface area contributed by atoms with Crippen LogP contribution in [0, 0.1) is 0 Å². The molecule has 2 N–H and O–H groups in total.